The molecule has 0 bridgehead atoms. The van der Waals surface area contributed by atoms with Crippen molar-refractivity contribution in [3.8, 4) is 0 Å². The maximum absolute atomic E-state index is 11.6. The van der Waals surface area contributed by atoms with Gasteiger partial charge in [0.05, 0.1) is 6.04 Å². The Balaban J connectivity index is 1.75. The number of amides is 2. The van der Waals surface area contributed by atoms with Gasteiger partial charge in [0, 0.05) is 12.1 Å². The first-order chi connectivity index (χ1) is 9.26. The van der Waals surface area contributed by atoms with Gasteiger partial charge in [-0.15, -0.1) is 0 Å². The van der Waals surface area contributed by atoms with Crippen LogP contribution in [-0.2, 0) is 9.53 Å². The summed E-state index contributed by atoms with van der Waals surface area (Å²) in [5, 5.41) is 2.87. The van der Waals surface area contributed by atoms with E-state index in [1.54, 1.807) is 0 Å². The minimum atomic E-state index is -0.473. The van der Waals surface area contributed by atoms with Crippen molar-refractivity contribution in [2.75, 3.05) is 6.54 Å². The number of hydrogen-bond acceptors (Lipinski definition) is 4. The summed E-state index contributed by atoms with van der Waals surface area (Å²) in [6.45, 7) is 6.46. The molecule has 0 aromatic rings. The Bertz CT molecular complexity index is 386. The van der Waals surface area contributed by atoms with Crippen molar-refractivity contribution in [3.05, 3.63) is 0 Å². The molecule has 1 heterocycles. The van der Waals surface area contributed by atoms with E-state index in [9.17, 15) is 9.59 Å². The van der Waals surface area contributed by atoms with Crippen molar-refractivity contribution in [2.24, 2.45) is 5.73 Å². The summed E-state index contributed by atoms with van der Waals surface area (Å²) in [6.07, 6.45) is 3.24. The average molecular weight is 283 g/mol. The molecule has 6 heteroatoms. The first-order valence-corrected chi connectivity index (χ1v) is 7.31. The fourth-order valence-electron chi connectivity index (χ4n) is 2.98. The molecule has 0 spiro atoms. The number of nitrogens with one attached hydrogen (secondary N) is 1. The van der Waals surface area contributed by atoms with E-state index >= 15 is 0 Å². The van der Waals surface area contributed by atoms with Gasteiger partial charge in [-0.1, -0.05) is 0 Å². The largest absolute Gasteiger partial charge is 0.444 e. The van der Waals surface area contributed by atoms with E-state index in [0.29, 0.717) is 6.04 Å². The molecule has 1 unspecified atom stereocenters. The van der Waals surface area contributed by atoms with E-state index in [2.05, 4.69) is 10.2 Å². The Morgan fingerprint density at radius 2 is 1.95 bits per heavy atom. The van der Waals surface area contributed by atoms with Gasteiger partial charge < -0.3 is 15.8 Å². The fraction of sp³-hybridized carbons (Fsp3) is 0.857. The molecule has 2 rings (SSSR count). The second kappa shape index (κ2) is 5.60. The monoisotopic (exact) mass is 283 g/mol. The van der Waals surface area contributed by atoms with Crippen LogP contribution < -0.4 is 11.1 Å². The fourth-order valence-corrected chi connectivity index (χ4v) is 2.98. The topological polar surface area (TPSA) is 84.7 Å². The zero-order valence-corrected chi connectivity index (χ0v) is 12.5. The second-order valence-corrected chi connectivity index (χ2v) is 6.77. The number of primary amides is 1. The van der Waals surface area contributed by atoms with Gasteiger partial charge in [0.1, 0.15) is 5.60 Å². The van der Waals surface area contributed by atoms with Gasteiger partial charge in [0.25, 0.3) is 0 Å². The van der Waals surface area contributed by atoms with Gasteiger partial charge in [-0.2, -0.15) is 0 Å². The van der Waals surface area contributed by atoms with Crippen LogP contribution in [0.25, 0.3) is 0 Å². The lowest BCUT2D eigenvalue weighted by molar-refractivity contribution is -0.123. The molecule has 0 radical (unpaired) electrons. The zero-order chi connectivity index (χ0) is 14.9. The molecular formula is C14H25N3O3. The van der Waals surface area contributed by atoms with Gasteiger partial charge in [0.15, 0.2) is 0 Å². The first-order valence-electron chi connectivity index (χ1n) is 7.31. The molecule has 0 aromatic carbocycles. The van der Waals surface area contributed by atoms with E-state index in [0.717, 1.165) is 32.2 Å². The third-order valence-electron chi connectivity index (χ3n) is 3.93. The SMILES string of the molecule is CC(C)(C)OC(=O)NC1CC(N2CCCC2C(N)=O)C1. The van der Waals surface area contributed by atoms with Gasteiger partial charge >= 0.3 is 6.09 Å². The maximum Gasteiger partial charge on any atom is 0.407 e. The van der Waals surface area contributed by atoms with Crippen LogP contribution in [0.15, 0.2) is 0 Å². The molecule has 114 valence electrons. The average Bonchev–Trinajstić information content (AvgIpc) is 2.68. The summed E-state index contributed by atoms with van der Waals surface area (Å²) < 4.78 is 5.23. The van der Waals surface area contributed by atoms with Crippen molar-refractivity contribution in [1.29, 1.82) is 0 Å². The highest BCUT2D eigenvalue weighted by molar-refractivity contribution is 5.80. The highest BCUT2D eigenvalue weighted by Gasteiger charge is 2.41. The van der Waals surface area contributed by atoms with E-state index in [1.807, 2.05) is 20.8 Å². The van der Waals surface area contributed by atoms with E-state index < -0.39 is 5.60 Å². The molecule has 20 heavy (non-hydrogen) atoms. The Morgan fingerprint density at radius 1 is 1.30 bits per heavy atom. The van der Waals surface area contributed by atoms with Gasteiger partial charge in [-0.25, -0.2) is 4.79 Å². The van der Waals surface area contributed by atoms with Crippen LogP contribution in [0.5, 0.6) is 0 Å². The van der Waals surface area contributed by atoms with Gasteiger partial charge in [-0.3, -0.25) is 9.69 Å². The van der Waals surface area contributed by atoms with Crippen molar-refractivity contribution >= 4 is 12.0 Å². The first kappa shape index (κ1) is 15.1. The molecule has 2 fully saturated rings. The number of rotatable bonds is 3. The van der Waals surface area contributed by atoms with Crippen LogP contribution in [0.4, 0.5) is 4.79 Å². The third-order valence-corrected chi connectivity index (χ3v) is 3.93. The normalized spacial score (nSPS) is 30.6. The molecule has 1 atom stereocenters. The summed E-state index contributed by atoms with van der Waals surface area (Å²) in [6, 6.07) is 0.376. The van der Waals surface area contributed by atoms with Crippen molar-refractivity contribution in [1.82, 2.24) is 10.2 Å². The minimum Gasteiger partial charge on any atom is -0.444 e. The molecule has 6 nitrogen and oxygen atoms in total. The number of hydrogen-bond donors (Lipinski definition) is 2. The van der Waals surface area contributed by atoms with Gasteiger partial charge in [0.2, 0.25) is 5.91 Å². The number of carbonyl (C=O) groups excluding carboxylic acids is 2. The second-order valence-electron chi connectivity index (χ2n) is 6.77. The highest BCUT2D eigenvalue weighted by Crippen LogP contribution is 2.31. The van der Waals surface area contributed by atoms with Crippen LogP contribution in [-0.4, -0.2) is 47.2 Å². The highest BCUT2D eigenvalue weighted by atomic mass is 16.6. The molecule has 1 aliphatic carbocycles. The number of alkyl carbamates (subject to hydrolysis) is 1. The summed E-state index contributed by atoms with van der Waals surface area (Å²) >= 11 is 0. The van der Waals surface area contributed by atoms with Crippen LogP contribution in [0.3, 0.4) is 0 Å². The van der Waals surface area contributed by atoms with Crippen LogP contribution >= 0.6 is 0 Å². The quantitative estimate of drug-likeness (QED) is 0.809. The molecule has 0 aromatic heterocycles. The Hall–Kier alpha value is -1.30. The zero-order valence-electron chi connectivity index (χ0n) is 12.5. The summed E-state index contributed by atoms with van der Waals surface area (Å²) in [5.41, 5.74) is 4.95. The number of nitrogens with two attached hydrogens (primary N) is 1. The van der Waals surface area contributed by atoms with Crippen molar-refractivity contribution in [2.45, 2.75) is 70.2 Å². The molecular weight excluding hydrogens is 258 g/mol. The van der Waals surface area contributed by atoms with E-state index in [-0.39, 0.29) is 24.1 Å². The maximum atomic E-state index is 11.6. The third kappa shape index (κ3) is 3.62. The number of ether oxygens (including phenoxy) is 1. The molecule has 1 saturated heterocycles. The smallest absolute Gasteiger partial charge is 0.407 e. The molecule has 1 aliphatic heterocycles. The number of likely N-dealkylation sites (tertiary alicyclic amines) is 1. The molecule has 1 saturated carbocycles. The molecule has 3 N–H and O–H groups in total. The van der Waals surface area contributed by atoms with Crippen molar-refractivity contribution < 1.29 is 14.3 Å². The predicted molar refractivity (Wildman–Crippen MR) is 75.1 cm³/mol. The molecule has 2 amide bonds. The minimum absolute atomic E-state index is 0.123. The van der Waals surface area contributed by atoms with Crippen molar-refractivity contribution in [3.63, 3.8) is 0 Å². The summed E-state index contributed by atoms with van der Waals surface area (Å²) in [7, 11) is 0. The number of carbonyl (C=O) groups is 2. The Labute approximate surface area is 120 Å². The molecule has 2 aliphatic rings. The summed E-state index contributed by atoms with van der Waals surface area (Å²) in [4.78, 5) is 25.2. The Morgan fingerprint density at radius 3 is 2.50 bits per heavy atom. The van der Waals surface area contributed by atoms with Crippen LogP contribution in [0, 0.1) is 0 Å². The van der Waals surface area contributed by atoms with Crippen LogP contribution in [0.2, 0.25) is 0 Å². The number of nitrogens with zero attached hydrogens (tertiary/aromatic N) is 1. The lowest BCUT2D eigenvalue weighted by Crippen LogP contribution is -2.57. The standard InChI is InChI=1S/C14H25N3O3/c1-14(2,3)20-13(19)16-9-7-10(8-9)17-6-4-5-11(17)12(15)18/h9-11H,4-8H2,1-3H3,(H2,15,18)(H,16,19). The predicted octanol–water partition coefficient (Wildman–Crippen LogP) is 0.992. The summed E-state index contributed by atoms with van der Waals surface area (Å²) in [5.74, 6) is -0.231. The lowest BCUT2D eigenvalue weighted by atomic mass is 9.85. The van der Waals surface area contributed by atoms with E-state index in [4.69, 9.17) is 10.5 Å². The van der Waals surface area contributed by atoms with Crippen LogP contribution in [0.1, 0.15) is 46.5 Å². The lowest BCUT2D eigenvalue weighted by Gasteiger charge is -2.43. The Kier molecular flexibility index (Phi) is 4.22. The van der Waals surface area contributed by atoms with Gasteiger partial charge in [-0.05, 0) is 53.0 Å². The van der Waals surface area contributed by atoms with E-state index in [1.165, 1.54) is 0 Å².